The number of aryl methyl sites for hydroxylation is 1. The Labute approximate surface area is 76.0 Å². The van der Waals surface area contributed by atoms with Crippen LogP contribution in [0.5, 0.6) is 0 Å². The van der Waals surface area contributed by atoms with Crippen molar-refractivity contribution in [3.63, 3.8) is 0 Å². The minimum atomic E-state index is 0.715. The molecule has 12 heavy (non-hydrogen) atoms. The zero-order valence-corrected chi connectivity index (χ0v) is 7.47. The highest BCUT2D eigenvalue weighted by atomic mass is 35.5. The first kappa shape index (κ1) is 7.56. The maximum absolute atomic E-state index is 5.95. The average Bonchev–Trinajstić information content (AvgIpc) is 2.04. The molecule has 0 aliphatic heterocycles. The molecule has 0 aliphatic rings. The normalized spacial score (nSPS) is 10.5. The van der Waals surface area contributed by atoms with Gasteiger partial charge in [0.1, 0.15) is 0 Å². The van der Waals surface area contributed by atoms with Gasteiger partial charge in [-0.05, 0) is 13.0 Å². The Hall–Kier alpha value is -1.08. The Morgan fingerprint density at radius 2 is 2.08 bits per heavy atom. The highest BCUT2D eigenvalue weighted by molar-refractivity contribution is 6.35. The van der Waals surface area contributed by atoms with E-state index in [0.29, 0.717) is 5.02 Å². The predicted octanol–water partition coefficient (Wildman–Crippen LogP) is 3.20. The summed E-state index contributed by atoms with van der Waals surface area (Å²) >= 11 is 5.95. The van der Waals surface area contributed by atoms with Crippen LogP contribution in [0, 0.1) is 6.92 Å². The van der Waals surface area contributed by atoms with Gasteiger partial charge in [-0.2, -0.15) is 0 Å². The number of nitrogens with zero attached hydrogens (tertiary/aromatic N) is 1. The van der Waals surface area contributed by atoms with E-state index >= 15 is 0 Å². The molecule has 0 amide bonds. The molecule has 1 aromatic carbocycles. The molecule has 2 rings (SSSR count). The van der Waals surface area contributed by atoms with Crippen LogP contribution < -0.4 is 0 Å². The van der Waals surface area contributed by atoms with Crippen molar-refractivity contribution in [2.45, 2.75) is 6.92 Å². The quantitative estimate of drug-likeness (QED) is 0.602. The molecule has 0 bridgehead atoms. The van der Waals surface area contributed by atoms with E-state index in [9.17, 15) is 0 Å². The molecule has 0 saturated heterocycles. The van der Waals surface area contributed by atoms with Crippen molar-refractivity contribution < 1.29 is 0 Å². The average molecular weight is 178 g/mol. The second-order valence-corrected chi connectivity index (χ2v) is 3.25. The van der Waals surface area contributed by atoms with Crippen LogP contribution in [-0.2, 0) is 0 Å². The van der Waals surface area contributed by atoms with Crippen molar-refractivity contribution in [1.82, 2.24) is 4.98 Å². The van der Waals surface area contributed by atoms with E-state index in [2.05, 4.69) is 18.0 Å². The molecule has 1 aromatic heterocycles. The van der Waals surface area contributed by atoms with Gasteiger partial charge in [0.2, 0.25) is 0 Å². The third-order valence-electron chi connectivity index (χ3n) is 1.87. The van der Waals surface area contributed by atoms with Crippen LogP contribution in [0.15, 0.2) is 30.6 Å². The van der Waals surface area contributed by atoms with Gasteiger partial charge in [-0.15, -0.1) is 0 Å². The summed E-state index contributed by atoms with van der Waals surface area (Å²) in [5.74, 6) is 0. The number of hydrogen-bond acceptors (Lipinski definition) is 1. The van der Waals surface area contributed by atoms with Gasteiger partial charge < -0.3 is 0 Å². The minimum Gasteiger partial charge on any atom is -0.263 e. The third-order valence-corrected chi connectivity index (χ3v) is 2.17. The number of halogens is 1. The fraction of sp³-hybridized carbons (Fsp3) is 0.100. The Morgan fingerprint density at radius 1 is 1.25 bits per heavy atom. The first-order valence-corrected chi connectivity index (χ1v) is 4.15. The molecule has 1 heterocycles. The molecule has 2 aromatic rings. The summed E-state index contributed by atoms with van der Waals surface area (Å²) in [6, 6.07) is 6.15. The van der Waals surface area contributed by atoms with E-state index in [1.54, 1.807) is 6.20 Å². The summed E-state index contributed by atoms with van der Waals surface area (Å²) in [5.41, 5.74) is 1.23. The monoisotopic (exact) mass is 177 g/mol. The minimum absolute atomic E-state index is 0.715. The number of rotatable bonds is 0. The molecule has 0 spiro atoms. The Kier molecular flexibility index (Phi) is 1.74. The van der Waals surface area contributed by atoms with Crippen molar-refractivity contribution in [2.24, 2.45) is 0 Å². The first-order chi connectivity index (χ1) is 5.77. The molecule has 0 saturated carbocycles. The molecule has 60 valence electrons. The van der Waals surface area contributed by atoms with Crippen molar-refractivity contribution in [3.05, 3.63) is 41.2 Å². The lowest BCUT2D eigenvalue weighted by atomic mass is 10.1. The molecule has 1 nitrogen and oxygen atoms in total. The summed E-state index contributed by atoms with van der Waals surface area (Å²) in [6.45, 7) is 2.06. The van der Waals surface area contributed by atoms with Crippen molar-refractivity contribution in [2.75, 3.05) is 0 Å². The maximum atomic E-state index is 5.95. The van der Waals surface area contributed by atoms with Gasteiger partial charge >= 0.3 is 0 Å². The van der Waals surface area contributed by atoms with E-state index in [4.69, 9.17) is 11.6 Å². The van der Waals surface area contributed by atoms with Gasteiger partial charge in [-0.1, -0.05) is 29.3 Å². The summed E-state index contributed by atoms with van der Waals surface area (Å²) in [4.78, 5) is 4.02. The smallest absolute Gasteiger partial charge is 0.0667 e. The highest BCUT2D eigenvalue weighted by Crippen LogP contribution is 2.22. The molecule has 0 fully saturated rings. The molecule has 0 radical (unpaired) electrons. The van der Waals surface area contributed by atoms with Gasteiger partial charge in [-0.25, -0.2) is 0 Å². The number of benzene rings is 1. The van der Waals surface area contributed by atoms with Crippen molar-refractivity contribution in [1.29, 1.82) is 0 Å². The van der Waals surface area contributed by atoms with Crippen LogP contribution in [0.4, 0.5) is 0 Å². The molecule has 0 unspecified atom stereocenters. The van der Waals surface area contributed by atoms with Gasteiger partial charge in [0.05, 0.1) is 5.02 Å². The fourth-order valence-electron chi connectivity index (χ4n) is 1.26. The topological polar surface area (TPSA) is 12.9 Å². The largest absolute Gasteiger partial charge is 0.263 e. The summed E-state index contributed by atoms with van der Waals surface area (Å²) < 4.78 is 0. The number of fused-ring (bicyclic) bond motifs is 1. The SMILES string of the molecule is Cc1ccc2c(Cl)cncc2c1. The predicted molar refractivity (Wildman–Crippen MR) is 51.5 cm³/mol. The van der Waals surface area contributed by atoms with E-state index in [-0.39, 0.29) is 0 Å². The molecular formula is C10H8ClN. The molecule has 0 atom stereocenters. The third kappa shape index (κ3) is 1.16. The molecular weight excluding hydrogens is 170 g/mol. The van der Waals surface area contributed by atoms with Crippen LogP contribution >= 0.6 is 11.6 Å². The summed E-state index contributed by atoms with van der Waals surface area (Å²) in [5, 5.41) is 2.88. The lowest BCUT2D eigenvalue weighted by Gasteiger charge is -1.99. The Balaban J connectivity index is 2.86. The van der Waals surface area contributed by atoms with Crippen LogP contribution in [0.1, 0.15) is 5.56 Å². The zero-order valence-electron chi connectivity index (χ0n) is 6.71. The highest BCUT2D eigenvalue weighted by Gasteiger charge is 1.97. The second kappa shape index (κ2) is 2.76. The maximum Gasteiger partial charge on any atom is 0.0667 e. The van der Waals surface area contributed by atoms with Crippen LogP contribution in [-0.4, -0.2) is 4.98 Å². The molecule has 2 heteroatoms. The van der Waals surface area contributed by atoms with Gasteiger partial charge in [0.15, 0.2) is 0 Å². The number of pyridine rings is 1. The Bertz CT molecular complexity index is 423. The Morgan fingerprint density at radius 3 is 2.92 bits per heavy atom. The van der Waals surface area contributed by atoms with E-state index in [1.807, 2.05) is 18.3 Å². The van der Waals surface area contributed by atoms with E-state index < -0.39 is 0 Å². The molecule has 0 aliphatic carbocycles. The van der Waals surface area contributed by atoms with Crippen molar-refractivity contribution in [3.8, 4) is 0 Å². The molecule has 0 N–H and O–H groups in total. The lowest BCUT2D eigenvalue weighted by Crippen LogP contribution is -1.78. The standard InChI is InChI=1S/C10H8ClN/c1-7-2-3-9-8(4-7)5-12-6-10(9)11/h2-6H,1H3. The van der Waals surface area contributed by atoms with E-state index in [1.165, 1.54) is 5.56 Å². The zero-order chi connectivity index (χ0) is 8.55. The van der Waals surface area contributed by atoms with Crippen molar-refractivity contribution >= 4 is 22.4 Å². The van der Waals surface area contributed by atoms with Crippen LogP contribution in [0.2, 0.25) is 5.02 Å². The first-order valence-electron chi connectivity index (χ1n) is 3.77. The van der Waals surface area contributed by atoms with E-state index in [0.717, 1.165) is 10.8 Å². The number of aromatic nitrogens is 1. The van der Waals surface area contributed by atoms with Gasteiger partial charge in [0.25, 0.3) is 0 Å². The second-order valence-electron chi connectivity index (χ2n) is 2.85. The number of hydrogen-bond donors (Lipinski definition) is 0. The van der Waals surface area contributed by atoms with Crippen LogP contribution in [0.3, 0.4) is 0 Å². The van der Waals surface area contributed by atoms with Gasteiger partial charge in [-0.3, -0.25) is 4.98 Å². The fourth-order valence-corrected chi connectivity index (χ4v) is 1.49. The van der Waals surface area contributed by atoms with Gasteiger partial charge in [0, 0.05) is 23.2 Å². The summed E-state index contributed by atoms with van der Waals surface area (Å²) in [6.07, 6.45) is 3.49. The van der Waals surface area contributed by atoms with Crippen LogP contribution in [0.25, 0.3) is 10.8 Å². The lowest BCUT2D eigenvalue weighted by molar-refractivity contribution is 1.36. The summed E-state index contributed by atoms with van der Waals surface area (Å²) in [7, 11) is 0.